The molecule has 0 aromatic heterocycles. The highest BCUT2D eigenvalue weighted by atomic mass is 32.1. The SMILES string of the molecule is CCCCCCCCCC/C=C/C=C/C=C/C=C/C=C/C(=C\O)CS. The molecule has 2 heteroatoms. The summed E-state index contributed by atoms with van der Waals surface area (Å²) in [6.45, 7) is 2.27. The van der Waals surface area contributed by atoms with E-state index in [-0.39, 0.29) is 0 Å². The fourth-order valence-corrected chi connectivity index (χ4v) is 2.46. The molecule has 25 heavy (non-hydrogen) atoms. The Morgan fingerprint density at radius 2 is 1.24 bits per heavy atom. The van der Waals surface area contributed by atoms with E-state index in [1.165, 1.54) is 57.8 Å². The maximum atomic E-state index is 8.85. The number of rotatable bonds is 15. The summed E-state index contributed by atoms with van der Waals surface area (Å²) in [7, 11) is 0. The van der Waals surface area contributed by atoms with Gasteiger partial charge in [-0.1, -0.05) is 113 Å². The predicted molar refractivity (Wildman–Crippen MR) is 117 cm³/mol. The Bertz CT molecular complexity index is 453. The second-order valence-corrected chi connectivity index (χ2v) is 6.38. The summed E-state index contributed by atoms with van der Waals surface area (Å²) in [5.74, 6) is 0.532. The zero-order chi connectivity index (χ0) is 18.4. The third kappa shape index (κ3) is 18.8. The van der Waals surface area contributed by atoms with Crippen LogP contribution < -0.4 is 0 Å². The number of hydrogen-bond donors (Lipinski definition) is 2. The number of thiol groups is 1. The zero-order valence-corrected chi connectivity index (χ0v) is 16.7. The van der Waals surface area contributed by atoms with Gasteiger partial charge in [-0.3, -0.25) is 0 Å². The standard InChI is InChI=1S/C23H36OS/c1-2-3-4-5-6-7-8-9-10-11-12-13-14-15-16-17-18-19-20-23(21-24)22-25/h11-21,24-25H,2-10,22H2,1H3/b12-11+,14-13+,16-15+,18-17+,20-19+,23-21+. The van der Waals surface area contributed by atoms with E-state index in [4.69, 9.17) is 5.11 Å². The molecule has 0 atom stereocenters. The summed E-state index contributed by atoms with van der Waals surface area (Å²) in [4.78, 5) is 0. The first-order chi connectivity index (χ1) is 12.3. The number of aliphatic hydroxyl groups is 1. The van der Waals surface area contributed by atoms with Crippen molar-refractivity contribution >= 4 is 12.6 Å². The van der Waals surface area contributed by atoms with E-state index in [0.717, 1.165) is 11.8 Å². The molecule has 0 spiro atoms. The van der Waals surface area contributed by atoms with E-state index in [2.05, 4.69) is 37.8 Å². The molecule has 0 bridgehead atoms. The normalized spacial score (nSPS) is 13.6. The van der Waals surface area contributed by atoms with Gasteiger partial charge in [-0.25, -0.2) is 0 Å². The maximum absolute atomic E-state index is 8.85. The number of aliphatic hydroxyl groups excluding tert-OH is 1. The maximum Gasteiger partial charge on any atom is 0.0831 e. The summed E-state index contributed by atoms with van der Waals surface area (Å²) in [5, 5.41) is 8.85. The van der Waals surface area contributed by atoms with Gasteiger partial charge in [0.05, 0.1) is 6.26 Å². The van der Waals surface area contributed by atoms with Crippen LogP contribution >= 0.6 is 12.6 Å². The molecule has 1 nitrogen and oxygen atoms in total. The van der Waals surface area contributed by atoms with Crippen LogP contribution in [0.5, 0.6) is 0 Å². The summed E-state index contributed by atoms with van der Waals surface area (Å²) in [5.41, 5.74) is 0.790. The van der Waals surface area contributed by atoms with E-state index in [1.807, 2.05) is 42.5 Å². The van der Waals surface area contributed by atoms with Crippen molar-refractivity contribution in [3.05, 3.63) is 72.6 Å². The highest BCUT2D eigenvalue weighted by Crippen LogP contribution is 2.09. The van der Waals surface area contributed by atoms with Crippen LogP contribution in [-0.4, -0.2) is 10.9 Å². The van der Waals surface area contributed by atoms with Crippen LogP contribution in [-0.2, 0) is 0 Å². The summed E-state index contributed by atoms with van der Waals surface area (Å²) in [6.07, 6.45) is 33.3. The molecular weight excluding hydrogens is 324 g/mol. The smallest absolute Gasteiger partial charge is 0.0831 e. The summed E-state index contributed by atoms with van der Waals surface area (Å²) in [6, 6.07) is 0. The van der Waals surface area contributed by atoms with Gasteiger partial charge in [0.15, 0.2) is 0 Å². The van der Waals surface area contributed by atoms with E-state index < -0.39 is 0 Å². The minimum atomic E-state index is 0.532. The molecule has 0 fully saturated rings. The molecule has 0 rings (SSSR count). The van der Waals surface area contributed by atoms with Crippen molar-refractivity contribution in [2.45, 2.75) is 64.7 Å². The molecule has 1 N–H and O–H groups in total. The van der Waals surface area contributed by atoms with Crippen LogP contribution in [0.2, 0.25) is 0 Å². The highest BCUT2D eigenvalue weighted by molar-refractivity contribution is 7.80. The Hall–Kier alpha value is -1.41. The van der Waals surface area contributed by atoms with Gasteiger partial charge in [0, 0.05) is 5.75 Å². The van der Waals surface area contributed by atoms with Crippen LogP contribution in [0.25, 0.3) is 0 Å². The molecule has 0 saturated carbocycles. The molecule has 0 aliphatic heterocycles. The van der Waals surface area contributed by atoms with Crippen molar-refractivity contribution in [1.29, 1.82) is 0 Å². The largest absolute Gasteiger partial charge is 0.515 e. The van der Waals surface area contributed by atoms with Crippen molar-refractivity contribution in [3.8, 4) is 0 Å². The van der Waals surface area contributed by atoms with Crippen molar-refractivity contribution < 1.29 is 5.11 Å². The van der Waals surface area contributed by atoms with E-state index in [1.54, 1.807) is 0 Å². The first kappa shape index (κ1) is 23.6. The number of allylic oxidation sites excluding steroid dienone is 10. The van der Waals surface area contributed by atoms with Crippen LogP contribution in [0.4, 0.5) is 0 Å². The molecule has 0 unspecified atom stereocenters. The lowest BCUT2D eigenvalue weighted by Gasteiger charge is -1.99. The topological polar surface area (TPSA) is 20.2 Å². The summed E-state index contributed by atoms with van der Waals surface area (Å²) < 4.78 is 0. The highest BCUT2D eigenvalue weighted by Gasteiger charge is 1.89. The second-order valence-electron chi connectivity index (χ2n) is 6.07. The van der Waals surface area contributed by atoms with Crippen LogP contribution in [0, 0.1) is 0 Å². The van der Waals surface area contributed by atoms with Crippen molar-refractivity contribution in [2.24, 2.45) is 0 Å². The van der Waals surface area contributed by atoms with Gasteiger partial charge in [-0.05, 0) is 18.4 Å². The minimum Gasteiger partial charge on any atom is -0.515 e. The Labute approximate surface area is 161 Å². The van der Waals surface area contributed by atoms with Crippen LogP contribution in [0.1, 0.15) is 64.7 Å². The average molecular weight is 361 g/mol. The molecular formula is C23H36OS. The monoisotopic (exact) mass is 360 g/mol. The lowest BCUT2D eigenvalue weighted by molar-refractivity contribution is 0.469. The lowest BCUT2D eigenvalue weighted by atomic mass is 10.1. The first-order valence-corrected chi connectivity index (χ1v) is 10.3. The van der Waals surface area contributed by atoms with Crippen LogP contribution in [0.3, 0.4) is 0 Å². The van der Waals surface area contributed by atoms with Gasteiger partial charge < -0.3 is 5.11 Å². The van der Waals surface area contributed by atoms with Gasteiger partial charge in [-0.2, -0.15) is 12.6 Å². The molecule has 0 aromatic rings. The average Bonchev–Trinajstić information content (AvgIpc) is 2.64. The third-order valence-electron chi connectivity index (χ3n) is 3.80. The summed E-state index contributed by atoms with van der Waals surface area (Å²) >= 11 is 4.10. The van der Waals surface area contributed by atoms with Gasteiger partial charge in [-0.15, -0.1) is 0 Å². The number of unbranched alkanes of at least 4 members (excludes halogenated alkanes) is 8. The van der Waals surface area contributed by atoms with E-state index in [9.17, 15) is 0 Å². The molecule has 0 aliphatic carbocycles. The van der Waals surface area contributed by atoms with Gasteiger partial charge in [0.2, 0.25) is 0 Å². The molecule has 0 aromatic carbocycles. The first-order valence-electron chi connectivity index (χ1n) is 9.62. The second kappa shape index (κ2) is 20.6. The van der Waals surface area contributed by atoms with Gasteiger partial charge in [0.25, 0.3) is 0 Å². The quantitative estimate of drug-likeness (QED) is 0.133. The minimum absolute atomic E-state index is 0.532. The van der Waals surface area contributed by atoms with Crippen molar-refractivity contribution in [2.75, 3.05) is 5.75 Å². The van der Waals surface area contributed by atoms with Gasteiger partial charge in [0.1, 0.15) is 0 Å². The fourth-order valence-electron chi connectivity index (χ4n) is 2.27. The van der Waals surface area contributed by atoms with Crippen molar-refractivity contribution in [1.82, 2.24) is 0 Å². The predicted octanol–water partition coefficient (Wildman–Crippen LogP) is 7.67. The van der Waals surface area contributed by atoms with Crippen LogP contribution in [0.15, 0.2) is 72.6 Å². The molecule has 0 amide bonds. The molecule has 140 valence electrons. The Morgan fingerprint density at radius 3 is 1.80 bits per heavy atom. The zero-order valence-electron chi connectivity index (χ0n) is 15.8. The Balaban J connectivity index is 3.59. The molecule has 0 radical (unpaired) electrons. The molecule has 0 aliphatic rings. The van der Waals surface area contributed by atoms with Gasteiger partial charge >= 0.3 is 0 Å². The molecule has 0 saturated heterocycles. The third-order valence-corrected chi connectivity index (χ3v) is 4.16. The Morgan fingerprint density at radius 1 is 0.720 bits per heavy atom. The fraction of sp³-hybridized carbons (Fsp3) is 0.478. The number of hydrogen-bond acceptors (Lipinski definition) is 2. The lowest BCUT2D eigenvalue weighted by Crippen LogP contribution is -1.79. The van der Waals surface area contributed by atoms with E-state index in [0.29, 0.717) is 5.75 Å². The van der Waals surface area contributed by atoms with E-state index >= 15 is 0 Å². The Kier molecular flexibility index (Phi) is 19.5. The molecule has 0 heterocycles. The van der Waals surface area contributed by atoms with Crippen molar-refractivity contribution in [3.63, 3.8) is 0 Å².